The largest absolute Gasteiger partial charge is 0.379 e. The Kier molecular flexibility index (Phi) is 6.55. The van der Waals surface area contributed by atoms with Crippen LogP contribution in [0.3, 0.4) is 0 Å². The Hall–Kier alpha value is -1.73. The average Bonchev–Trinajstić information content (AvgIpc) is 2.67. The third-order valence-corrected chi connectivity index (χ3v) is 7.31. The van der Waals surface area contributed by atoms with Crippen LogP contribution in [0, 0.1) is 27.7 Å². The molecule has 2 aromatic carbocycles. The maximum atomic E-state index is 13.1. The summed E-state index contributed by atoms with van der Waals surface area (Å²) in [5.74, 6) is 0. The number of morpholine rings is 1. The van der Waals surface area contributed by atoms with E-state index in [-0.39, 0.29) is 6.54 Å². The second-order valence-corrected chi connectivity index (χ2v) is 9.28. The van der Waals surface area contributed by atoms with Gasteiger partial charge in [0.1, 0.15) is 0 Å². The van der Waals surface area contributed by atoms with Crippen LogP contribution in [-0.2, 0) is 27.8 Å². The molecule has 2 aromatic rings. The molecule has 1 fully saturated rings. The van der Waals surface area contributed by atoms with E-state index in [9.17, 15) is 8.42 Å². The second-order valence-electron chi connectivity index (χ2n) is 7.57. The minimum Gasteiger partial charge on any atom is -0.379 e. The van der Waals surface area contributed by atoms with Gasteiger partial charge in [-0.05, 0) is 61.1 Å². The molecule has 0 spiro atoms. The maximum Gasteiger partial charge on any atom is 0.241 e. The number of ether oxygens (including phenoxy) is 1. The van der Waals surface area contributed by atoms with Gasteiger partial charge in [-0.15, -0.1) is 0 Å². The van der Waals surface area contributed by atoms with E-state index in [2.05, 4.69) is 15.7 Å². The molecule has 0 atom stereocenters. The first-order chi connectivity index (χ1) is 13.3. The van der Waals surface area contributed by atoms with Crippen molar-refractivity contribution in [1.29, 1.82) is 0 Å². The first kappa shape index (κ1) is 21.0. The summed E-state index contributed by atoms with van der Waals surface area (Å²) in [7, 11) is -3.60. The molecule has 1 saturated heterocycles. The maximum absolute atomic E-state index is 13.1. The number of sulfonamides is 1. The van der Waals surface area contributed by atoms with Crippen molar-refractivity contribution in [3.63, 3.8) is 0 Å². The molecule has 1 heterocycles. The molecule has 0 unspecified atom stereocenters. The Morgan fingerprint density at radius 1 is 0.964 bits per heavy atom. The van der Waals surface area contributed by atoms with Crippen LogP contribution in [0.2, 0.25) is 0 Å². The van der Waals surface area contributed by atoms with E-state index in [1.807, 2.05) is 52.0 Å². The van der Waals surface area contributed by atoms with Crippen LogP contribution in [0.5, 0.6) is 0 Å². The van der Waals surface area contributed by atoms with Crippen molar-refractivity contribution >= 4 is 10.0 Å². The lowest BCUT2D eigenvalue weighted by atomic mass is 10.0. The topological polar surface area (TPSA) is 58.6 Å². The summed E-state index contributed by atoms with van der Waals surface area (Å²) in [6, 6.07) is 10.1. The Labute approximate surface area is 168 Å². The summed E-state index contributed by atoms with van der Waals surface area (Å²) in [5, 5.41) is 0. The first-order valence-corrected chi connectivity index (χ1v) is 11.2. The Bertz CT molecular complexity index is 922. The van der Waals surface area contributed by atoms with Gasteiger partial charge in [0.2, 0.25) is 10.0 Å². The SMILES string of the molecule is Cc1cc(C)c(C)c(S(=O)(=O)NCc2ccccc2CN2CCOCC2)c1C. The van der Waals surface area contributed by atoms with E-state index >= 15 is 0 Å². The van der Waals surface area contributed by atoms with Gasteiger partial charge in [-0.2, -0.15) is 0 Å². The molecule has 0 saturated carbocycles. The highest BCUT2D eigenvalue weighted by atomic mass is 32.2. The molecule has 28 heavy (non-hydrogen) atoms. The predicted octanol–water partition coefficient (Wildman–Crippen LogP) is 3.23. The van der Waals surface area contributed by atoms with E-state index in [0.29, 0.717) is 4.90 Å². The van der Waals surface area contributed by atoms with Crippen LogP contribution in [-0.4, -0.2) is 39.6 Å². The zero-order valence-corrected chi connectivity index (χ0v) is 18.0. The Morgan fingerprint density at radius 2 is 1.54 bits per heavy atom. The third-order valence-electron chi connectivity index (χ3n) is 5.63. The predicted molar refractivity (Wildman–Crippen MR) is 112 cm³/mol. The molecule has 6 heteroatoms. The van der Waals surface area contributed by atoms with Gasteiger partial charge < -0.3 is 4.74 Å². The molecule has 0 aromatic heterocycles. The van der Waals surface area contributed by atoms with Crippen LogP contribution < -0.4 is 4.72 Å². The highest BCUT2D eigenvalue weighted by molar-refractivity contribution is 7.89. The fourth-order valence-corrected chi connectivity index (χ4v) is 5.33. The number of nitrogens with zero attached hydrogens (tertiary/aromatic N) is 1. The molecule has 0 aliphatic carbocycles. The van der Waals surface area contributed by atoms with Gasteiger partial charge in [0.05, 0.1) is 18.1 Å². The van der Waals surface area contributed by atoms with Gasteiger partial charge in [0.15, 0.2) is 0 Å². The smallest absolute Gasteiger partial charge is 0.241 e. The highest BCUT2D eigenvalue weighted by Gasteiger charge is 2.22. The second kappa shape index (κ2) is 8.74. The highest BCUT2D eigenvalue weighted by Crippen LogP contribution is 2.26. The van der Waals surface area contributed by atoms with Crippen LogP contribution >= 0.6 is 0 Å². The van der Waals surface area contributed by atoms with Crippen molar-refractivity contribution in [3.05, 3.63) is 63.7 Å². The molecule has 152 valence electrons. The zero-order chi connectivity index (χ0) is 20.3. The summed E-state index contributed by atoms with van der Waals surface area (Å²) < 4.78 is 34.5. The molecule has 1 aliphatic heterocycles. The fourth-order valence-electron chi connectivity index (χ4n) is 3.71. The summed E-state index contributed by atoms with van der Waals surface area (Å²) in [6.07, 6.45) is 0. The molecular weight excluding hydrogens is 372 g/mol. The standard InChI is InChI=1S/C22H30N2O3S/c1-16-13-17(2)19(4)22(18(16)3)28(25,26)23-14-20-7-5-6-8-21(20)15-24-9-11-27-12-10-24/h5-8,13,23H,9-12,14-15H2,1-4H3. The molecule has 0 amide bonds. The molecule has 1 aliphatic rings. The van der Waals surface area contributed by atoms with Gasteiger partial charge in [-0.25, -0.2) is 13.1 Å². The number of aryl methyl sites for hydroxylation is 2. The van der Waals surface area contributed by atoms with Crippen LogP contribution in [0.15, 0.2) is 35.2 Å². The van der Waals surface area contributed by atoms with Gasteiger partial charge in [-0.3, -0.25) is 4.90 Å². The van der Waals surface area contributed by atoms with Crippen molar-refractivity contribution in [3.8, 4) is 0 Å². The van der Waals surface area contributed by atoms with E-state index < -0.39 is 10.0 Å². The van der Waals surface area contributed by atoms with E-state index in [1.165, 1.54) is 0 Å². The van der Waals surface area contributed by atoms with Crippen molar-refractivity contribution in [2.24, 2.45) is 0 Å². The van der Waals surface area contributed by atoms with Gasteiger partial charge in [-0.1, -0.05) is 30.3 Å². The van der Waals surface area contributed by atoms with E-state index in [1.54, 1.807) is 0 Å². The summed E-state index contributed by atoms with van der Waals surface area (Å²) >= 11 is 0. The van der Waals surface area contributed by atoms with E-state index in [0.717, 1.165) is 66.2 Å². The minimum atomic E-state index is -3.60. The average molecular weight is 403 g/mol. The molecule has 0 radical (unpaired) electrons. The summed E-state index contributed by atoms with van der Waals surface area (Å²) in [5.41, 5.74) is 5.79. The van der Waals surface area contributed by atoms with Crippen molar-refractivity contribution < 1.29 is 13.2 Å². The number of nitrogens with one attached hydrogen (secondary N) is 1. The summed E-state index contributed by atoms with van der Waals surface area (Å²) in [4.78, 5) is 2.75. The van der Waals surface area contributed by atoms with Gasteiger partial charge >= 0.3 is 0 Å². The van der Waals surface area contributed by atoms with Crippen LogP contribution in [0.1, 0.15) is 33.4 Å². The van der Waals surface area contributed by atoms with Crippen LogP contribution in [0.4, 0.5) is 0 Å². The van der Waals surface area contributed by atoms with Gasteiger partial charge in [0, 0.05) is 26.2 Å². The number of hydrogen-bond acceptors (Lipinski definition) is 4. The van der Waals surface area contributed by atoms with E-state index in [4.69, 9.17) is 4.74 Å². The Morgan fingerprint density at radius 3 is 2.14 bits per heavy atom. The summed E-state index contributed by atoms with van der Waals surface area (Å²) in [6.45, 7) is 12.1. The Balaban J connectivity index is 1.81. The number of hydrogen-bond donors (Lipinski definition) is 1. The van der Waals surface area contributed by atoms with Crippen LogP contribution in [0.25, 0.3) is 0 Å². The first-order valence-electron chi connectivity index (χ1n) is 9.73. The molecule has 5 nitrogen and oxygen atoms in total. The number of rotatable bonds is 6. The lowest BCUT2D eigenvalue weighted by molar-refractivity contribution is 0.0341. The third kappa shape index (κ3) is 4.63. The zero-order valence-electron chi connectivity index (χ0n) is 17.2. The van der Waals surface area contributed by atoms with Crippen molar-refractivity contribution in [2.75, 3.05) is 26.3 Å². The minimum absolute atomic E-state index is 0.286. The molecular formula is C22H30N2O3S. The van der Waals surface area contributed by atoms with Crippen molar-refractivity contribution in [2.45, 2.75) is 45.7 Å². The quantitative estimate of drug-likeness (QED) is 0.806. The lowest BCUT2D eigenvalue weighted by Crippen LogP contribution is -2.36. The van der Waals surface area contributed by atoms with Crippen molar-refractivity contribution in [1.82, 2.24) is 9.62 Å². The van der Waals surface area contributed by atoms with Gasteiger partial charge in [0.25, 0.3) is 0 Å². The fraction of sp³-hybridized carbons (Fsp3) is 0.455. The molecule has 1 N–H and O–H groups in total. The lowest BCUT2D eigenvalue weighted by Gasteiger charge is -2.27. The normalized spacial score (nSPS) is 15.7. The monoisotopic (exact) mass is 402 g/mol. The molecule has 3 rings (SSSR count). The molecule has 0 bridgehead atoms. The number of benzene rings is 2.